The van der Waals surface area contributed by atoms with Gasteiger partial charge in [0.2, 0.25) is 0 Å². The van der Waals surface area contributed by atoms with Crippen LogP contribution < -0.4 is 0 Å². The number of nitrogens with zero attached hydrogens (tertiary/aromatic N) is 2. The van der Waals surface area contributed by atoms with Crippen molar-refractivity contribution < 1.29 is 9.53 Å². The Morgan fingerprint density at radius 1 is 1.05 bits per heavy atom. The molecule has 1 aromatic rings. The van der Waals surface area contributed by atoms with E-state index in [2.05, 4.69) is 11.0 Å². The van der Waals surface area contributed by atoms with Gasteiger partial charge in [-0.2, -0.15) is 0 Å². The van der Waals surface area contributed by atoms with Crippen LogP contribution in [-0.4, -0.2) is 55.1 Å². The van der Waals surface area contributed by atoms with E-state index in [0.717, 1.165) is 44.8 Å². The van der Waals surface area contributed by atoms with E-state index in [9.17, 15) is 4.79 Å². The molecule has 3 rings (SSSR count). The molecule has 1 fully saturated rings. The van der Waals surface area contributed by atoms with Gasteiger partial charge in [0.05, 0.1) is 13.2 Å². The van der Waals surface area contributed by atoms with E-state index in [1.54, 1.807) is 0 Å². The van der Waals surface area contributed by atoms with Crippen LogP contribution in [0.25, 0.3) is 0 Å². The highest BCUT2D eigenvalue weighted by molar-refractivity contribution is 5.94. The van der Waals surface area contributed by atoms with Crippen molar-refractivity contribution in [2.24, 2.45) is 0 Å². The highest BCUT2D eigenvalue weighted by Gasteiger charge is 2.21. The lowest BCUT2D eigenvalue weighted by molar-refractivity contribution is 0.0489. The number of hydrogen-bond donors (Lipinski definition) is 0. The number of hydrogen-bond acceptors (Lipinski definition) is 3. The van der Waals surface area contributed by atoms with Gasteiger partial charge in [-0.05, 0) is 18.2 Å². The fourth-order valence-electron chi connectivity index (χ4n) is 2.74. The second kappa shape index (κ2) is 6.09. The minimum absolute atomic E-state index is 0.128. The minimum atomic E-state index is 0.128. The van der Waals surface area contributed by atoms with E-state index in [1.165, 1.54) is 5.70 Å². The van der Waals surface area contributed by atoms with Crippen LogP contribution in [-0.2, 0) is 4.74 Å². The average Bonchev–Trinajstić information content (AvgIpc) is 2.56. The van der Waals surface area contributed by atoms with Gasteiger partial charge in [-0.3, -0.25) is 4.79 Å². The van der Waals surface area contributed by atoms with Gasteiger partial charge in [-0.1, -0.05) is 18.2 Å². The van der Waals surface area contributed by atoms with Gasteiger partial charge < -0.3 is 14.5 Å². The summed E-state index contributed by atoms with van der Waals surface area (Å²) in [5.74, 6) is 0.128. The van der Waals surface area contributed by atoms with Gasteiger partial charge in [-0.25, -0.2) is 0 Å². The normalized spacial score (nSPS) is 19.7. The number of amides is 1. The number of morpholine rings is 1. The van der Waals surface area contributed by atoms with Gasteiger partial charge >= 0.3 is 0 Å². The van der Waals surface area contributed by atoms with Crippen molar-refractivity contribution >= 4 is 5.91 Å². The smallest absolute Gasteiger partial charge is 0.254 e. The largest absolute Gasteiger partial charge is 0.378 e. The zero-order chi connectivity index (χ0) is 13.8. The zero-order valence-electron chi connectivity index (χ0n) is 11.6. The topological polar surface area (TPSA) is 32.8 Å². The number of carbonyl (C=O) groups excluding carboxylic acids is 1. The van der Waals surface area contributed by atoms with Crippen molar-refractivity contribution in [2.75, 3.05) is 39.4 Å². The van der Waals surface area contributed by atoms with Crippen molar-refractivity contribution in [1.29, 1.82) is 0 Å². The monoisotopic (exact) mass is 272 g/mol. The van der Waals surface area contributed by atoms with Crippen molar-refractivity contribution in [2.45, 2.75) is 6.42 Å². The van der Waals surface area contributed by atoms with E-state index in [4.69, 9.17) is 4.74 Å². The van der Waals surface area contributed by atoms with Crippen LogP contribution in [0.5, 0.6) is 0 Å². The number of ether oxygens (including phenoxy) is 1. The lowest BCUT2D eigenvalue weighted by Gasteiger charge is -2.35. The fraction of sp³-hybridized carbons (Fsp3) is 0.438. The highest BCUT2D eigenvalue weighted by Crippen LogP contribution is 2.18. The van der Waals surface area contributed by atoms with Crippen LogP contribution in [0, 0.1) is 0 Å². The molecule has 0 N–H and O–H groups in total. The first kappa shape index (κ1) is 13.2. The molecule has 20 heavy (non-hydrogen) atoms. The lowest BCUT2D eigenvalue weighted by atomic mass is 10.1. The van der Waals surface area contributed by atoms with Crippen molar-refractivity contribution in [3.63, 3.8) is 0 Å². The molecule has 1 amide bonds. The Bertz CT molecular complexity index is 492. The maximum Gasteiger partial charge on any atom is 0.254 e. The van der Waals surface area contributed by atoms with Crippen molar-refractivity contribution in [3.05, 3.63) is 47.7 Å². The maximum atomic E-state index is 12.3. The first-order valence-electron chi connectivity index (χ1n) is 7.20. The Labute approximate surface area is 119 Å². The van der Waals surface area contributed by atoms with E-state index in [0.29, 0.717) is 6.54 Å². The second-order valence-electron chi connectivity index (χ2n) is 5.16. The summed E-state index contributed by atoms with van der Waals surface area (Å²) in [4.78, 5) is 16.6. The molecule has 0 aliphatic carbocycles. The Balaban J connectivity index is 1.62. The molecule has 0 radical (unpaired) electrons. The van der Waals surface area contributed by atoms with Crippen LogP contribution in [0.3, 0.4) is 0 Å². The van der Waals surface area contributed by atoms with Crippen LogP contribution in [0.4, 0.5) is 0 Å². The van der Waals surface area contributed by atoms with Gasteiger partial charge in [-0.15, -0.1) is 0 Å². The molecule has 0 saturated carbocycles. The molecule has 2 aliphatic heterocycles. The minimum Gasteiger partial charge on any atom is -0.378 e. The van der Waals surface area contributed by atoms with Crippen LogP contribution in [0.2, 0.25) is 0 Å². The fourth-order valence-corrected chi connectivity index (χ4v) is 2.74. The molecular weight excluding hydrogens is 252 g/mol. The molecule has 4 heteroatoms. The predicted molar refractivity (Wildman–Crippen MR) is 77.4 cm³/mol. The summed E-state index contributed by atoms with van der Waals surface area (Å²) in [5, 5.41) is 0. The molecule has 2 aliphatic rings. The van der Waals surface area contributed by atoms with Gasteiger partial charge in [0, 0.05) is 43.9 Å². The molecule has 0 spiro atoms. The van der Waals surface area contributed by atoms with Gasteiger partial charge in [0.25, 0.3) is 5.91 Å². The third-order valence-corrected chi connectivity index (χ3v) is 3.91. The second-order valence-corrected chi connectivity index (χ2v) is 5.16. The number of rotatable bonds is 2. The summed E-state index contributed by atoms with van der Waals surface area (Å²) in [6, 6.07) is 9.51. The number of benzene rings is 1. The molecule has 1 aromatic carbocycles. The third-order valence-electron chi connectivity index (χ3n) is 3.91. The van der Waals surface area contributed by atoms with Crippen LogP contribution in [0.15, 0.2) is 42.1 Å². The molecule has 0 bridgehead atoms. The predicted octanol–water partition coefficient (Wildman–Crippen LogP) is 1.75. The molecule has 0 atom stereocenters. The standard InChI is InChI=1S/C16H20N2O2/c19-16(14-4-2-1-3-5-14)18-8-6-15(7-9-18)17-10-12-20-13-11-17/h1-6H,7-13H2. The molecule has 1 saturated heterocycles. The average molecular weight is 272 g/mol. The summed E-state index contributed by atoms with van der Waals surface area (Å²) >= 11 is 0. The van der Waals surface area contributed by atoms with E-state index in [-0.39, 0.29) is 5.91 Å². The highest BCUT2D eigenvalue weighted by atomic mass is 16.5. The molecule has 0 unspecified atom stereocenters. The first-order valence-corrected chi connectivity index (χ1v) is 7.20. The Morgan fingerprint density at radius 2 is 1.80 bits per heavy atom. The SMILES string of the molecule is O=C(c1ccccc1)N1CC=C(N2CCOCC2)CC1. The quantitative estimate of drug-likeness (QED) is 0.822. The molecular formula is C16H20N2O2. The zero-order valence-corrected chi connectivity index (χ0v) is 11.6. The Kier molecular flexibility index (Phi) is 4.02. The lowest BCUT2D eigenvalue weighted by Crippen LogP contribution is -2.41. The summed E-state index contributed by atoms with van der Waals surface area (Å²) in [7, 11) is 0. The van der Waals surface area contributed by atoms with Crippen LogP contribution >= 0.6 is 0 Å². The molecule has 106 valence electrons. The summed E-state index contributed by atoms with van der Waals surface area (Å²) in [5.41, 5.74) is 2.14. The summed E-state index contributed by atoms with van der Waals surface area (Å²) in [6.07, 6.45) is 3.13. The Morgan fingerprint density at radius 3 is 2.45 bits per heavy atom. The van der Waals surface area contributed by atoms with Crippen molar-refractivity contribution in [1.82, 2.24) is 9.80 Å². The summed E-state index contributed by atoms with van der Waals surface area (Å²) < 4.78 is 5.37. The van der Waals surface area contributed by atoms with E-state index in [1.807, 2.05) is 35.2 Å². The first-order chi connectivity index (χ1) is 9.84. The van der Waals surface area contributed by atoms with E-state index < -0.39 is 0 Å². The molecule has 2 heterocycles. The van der Waals surface area contributed by atoms with E-state index >= 15 is 0 Å². The maximum absolute atomic E-state index is 12.3. The van der Waals surface area contributed by atoms with Crippen LogP contribution in [0.1, 0.15) is 16.8 Å². The summed E-state index contributed by atoms with van der Waals surface area (Å²) in [6.45, 7) is 5.07. The Hall–Kier alpha value is -1.81. The van der Waals surface area contributed by atoms with Gasteiger partial charge in [0.1, 0.15) is 0 Å². The van der Waals surface area contributed by atoms with Crippen molar-refractivity contribution in [3.8, 4) is 0 Å². The number of carbonyl (C=O) groups is 1. The molecule has 4 nitrogen and oxygen atoms in total. The molecule has 0 aromatic heterocycles. The van der Waals surface area contributed by atoms with Gasteiger partial charge in [0.15, 0.2) is 0 Å². The third kappa shape index (κ3) is 2.85.